The fourth-order valence-corrected chi connectivity index (χ4v) is 4.40. The lowest BCUT2D eigenvalue weighted by atomic mass is 9.87. The Morgan fingerprint density at radius 1 is 1.21 bits per heavy atom. The predicted molar refractivity (Wildman–Crippen MR) is 137 cm³/mol. The van der Waals surface area contributed by atoms with Gasteiger partial charge in [0.15, 0.2) is 35.7 Å². The van der Waals surface area contributed by atoms with Crippen LogP contribution in [0.25, 0.3) is 22.0 Å². The number of aliphatic carboxylic acids is 1. The zero-order valence-electron chi connectivity index (χ0n) is 22.0. The summed E-state index contributed by atoms with van der Waals surface area (Å²) in [6.45, 7) is 3.74. The number of ether oxygens (including phenoxy) is 3. The maximum absolute atomic E-state index is 11.2. The lowest BCUT2D eigenvalue weighted by Crippen LogP contribution is -2.46. The van der Waals surface area contributed by atoms with Gasteiger partial charge in [-0.1, -0.05) is 13.8 Å². The Balaban J connectivity index is 0.000000206. The largest absolute Gasteiger partial charge is 0.550 e. The minimum absolute atomic E-state index is 0.0975. The van der Waals surface area contributed by atoms with Crippen molar-refractivity contribution >= 4 is 22.6 Å². The number of methoxy groups -OCH3 is 1. The summed E-state index contributed by atoms with van der Waals surface area (Å²) < 4.78 is 18.4. The van der Waals surface area contributed by atoms with Crippen molar-refractivity contribution in [2.75, 3.05) is 27.1 Å². The van der Waals surface area contributed by atoms with Crippen molar-refractivity contribution in [3.63, 3.8) is 0 Å². The second-order valence-corrected chi connectivity index (χ2v) is 10.0. The summed E-state index contributed by atoms with van der Waals surface area (Å²) in [6, 6.07) is 10.00. The van der Waals surface area contributed by atoms with E-state index >= 15 is 0 Å². The predicted octanol–water partition coefficient (Wildman–Crippen LogP) is 0.415. The number of aryl methyl sites for hydroxylation is 2. The summed E-state index contributed by atoms with van der Waals surface area (Å²) >= 11 is 0. The van der Waals surface area contributed by atoms with E-state index in [9.17, 15) is 24.9 Å². The molecule has 0 bridgehead atoms. The highest BCUT2D eigenvalue weighted by Gasteiger charge is 2.32. The number of carboxylic acids is 1. The first-order valence-corrected chi connectivity index (χ1v) is 12.5. The van der Waals surface area contributed by atoms with Crippen LogP contribution in [0.1, 0.15) is 25.8 Å². The van der Waals surface area contributed by atoms with Gasteiger partial charge in [0.1, 0.15) is 6.10 Å². The van der Waals surface area contributed by atoms with Crippen LogP contribution in [0.5, 0.6) is 23.0 Å². The number of aliphatic hydroxyl groups is 2. The van der Waals surface area contributed by atoms with Crippen molar-refractivity contribution in [2.24, 2.45) is 5.41 Å². The van der Waals surface area contributed by atoms with Crippen LogP contribution < -0.4 is 29.2 Å². The van der Waals surface area contributed by atoms with Gasteiger partial charge in [0.05, 0.1) is 24.7 Å². The molecule has 39 heavy (non-hydrogen) atoms. The standard InChI is InChI=1S/C19H15NO4.C9H17NO5/c1-22-16-3-2-11-6-15-13-8-18-17(23-10-24-18)7-12(13)4-5-20(15)9-14(11)19(16)21;1-9(2,5-11)7(14)8(15)10-4-3-6(12)13/h2-3,6-9H,4-5,10H2,1H3;7,11,14H,3-5H2,1-2H3,(H,10,15)(H,12,13). The third kappa shape index (κ3) is 5.84. The number of nitrogens with zero attached hydrogens (tertiary/aromatic N) is 1. The van der Waals surface area contributed by atoms with E-state index in [0.717, 1.165) is 46.5 Å². The minimum Gasteiger partial charge on any atom is -0.550 e. The van der Waals surface area contributed by atoms with Crippen LogP contribution in [0.15, 0.2) is 36.5 Å². The van der Waals surface area contributed by atoms with Crippen LogP contribution >= 0.6 is 0 Å². The number of benzene rings is 2. The molecular weight excluding hydrogens is 508 g/mol. The van der Waals surface area contributed by atoms with E-state index in [2.05, 4.69) is 28.1 Å². The number of amides is 1. The van der Waals surface area contributed by atoms with Crippen LogP contribution in [-0.4, -0.2) is 60.4 Å². The van der Waals surface area contributed by atoms with E-state index in [-0.39, 0.29) is 32.1 Å². The molecule has 1 unspecified atom stereocenters. The van der Waals surface area contributed by atoms with Crippen molar-refractivity contribution in [1.29, 1.82) is 0 Å². The molecule has 11 nitrogen and oxygen atoms in total. The van der Waals surface area contributed by atoms with Crippen LogP contribution in [0, 0.1) is 5.41 Å². The summed E-state index contributed by atoms with van der Waals surface area (Å²) in [4.78, 5) is 21.3. The molecule has 0 spiro atoms. The molecule has 3 heterocycles. The van der Waals surface area contributed by atoms with Crippen molar-refractivity contribution in [1.82, 2.24) is 5.32 Å². The summed E-state index contributed by atoms with van der Waals surface area (Å²) in [6.07, 6.45) is 1.23. The molecule has 5 rings (SSSR count). The third-order valence-electron chi connectivity index (χ3n) is 6.84. The number of hydrogen-bond donors (Lipinski definition) is 4. The van der Waals surface area contributed by atoms with E-state index in [4.69, 9.17) is 19.3 Å². The van der Waals surface area contributed by atoms with Crippen LogP contribution in [0.4, 0.5) is 0 Å². The zero-order valence-corrected chi connectivity index (χ0v) is 22.0. The topological polar surface area (TPSA) is 161 Å². The van der Waals surface area contributed by atoms with E-state index in [0.29, 0.717) is 5.75 Å². The highest BCUT2D eigenvalue weighted by atomic mass is 16.7. The molecule has 0 radical (unpaired) electrons. The van der Waals surface area contributed by atoms with Crippen LogP contribution in [0.3, 0.4) is 0 Å². The number of carboxylic acid groups (broad SMARTS) is 1. The number of phenols is 1. The number of hydrogen-bond acceptors (Lipinski definition) is 9. The number of carbonyl (C=O) groups excluding carboxylic acids is 2. The Labute approximate surface area is 225 Å². The number of aromatic nitrogens is 1. The van der Waals surface area contributed by atoms with Gasteiger partial charge in [0.25, 0.3) is 0 Å². The van der Waals surface area contributed by atoms with Gasteiger partial charge in [0.2, 0.25) is 18.4 Å². The van der Waals surface area contributed by atoms with E-state index < -0.39 is 23.4 Å². The average molecular weight is 541 g/mol. The summed E-state index contributed by atoms with van der Waals surface area (Å²) in [5, 5.41) is 42.8. The van der Waals surface area contributed by atoms with Crippen molar-refractivity contribution in [3.05, 3.63) is 42.1 Å². The van der Waals surface area contributed by atoms with Gasteiger partial charge in [-0.25, -0.2) is 0 Å². The average Bonchev–Trinajstić information content (AvgIpc) is 3.38. The highest BCUT2D eigenvalue weighted by molar-refractivity contribution is 5.91. The van der Waals surface area contributed by atoms with Crippen LogP contribution in [0.2, 0.25) is 0 Å². The van der Waals surface area contributed by atoms with Gasteiger partial charge in [-0.3, -0.25) is 4.79 Å². The molecule has 2 aliphatic heterocycles. The molecule has 11 heteroatoms. The van der Waals surface area contributed by atoms with Gasteiger partial charge >= 0.3 is 0 Å². The second kappa shape index (κ2) is 11.3. The Bertz CT molecular complexity index is 1400. The molecule has 1 atom stereocenters. The molecule has 0 saturated carbocycles. The summed E-state index contributed by atoms with van der Waals surface area (Å²) in [7, 11) is 1.56. The summed E-state index contributed by atoms with van der Waals surface area (Å²) in [5.41, 5.74) is 2.58. The molecule has 0 fully saturated rings. The van der Waals surface area contributed by atoms with Crippen molar-refractivity contribution in [2.45, 2.75) is 39.3 Å². The Morgan fingerprint density at radius 3 is 2.59 bits per heavy atom. The first-order chi connectivity index (χ1) is 18.6. The maximum Gasteiger partial charge on any atom is 0.249 e. The molecule has 2 aliphatic rings. The van der Waals surface area contributed by atoms with Gasteiger partial charge in [-0.2, -0.15) is 4.57 Å². The molecule has 1 aromatic heterocycles. The lowest BCUT2D eigenvalue weighted by Gasteiger charge is -2.27. The SMILES string of the molecule is CC(C)(CO)C(O)C(=O)NCCC(=O)[O-].COc1ccc2cc3[n+](cc2c1O)CCc1cc2c(cc1-3)OCO2. The van der Waals surface area contributed by atoms with Crippen molar-refractivity contribution in [3.8, 4) is 34.3 Å². The molecule has 3 aromatic rings. The number of aliphatic hydroxyl groups excluding tert-OH is 2. The third-order valence-corrected chi connectivity index (χ3v) is 6.84. The number of phenolic OH excluding ortho intramolecular Hbond substituents is 1. The van der Waals surface area contributed by atoms with Crippen LogP contribution in [-0.2, 0) is 22.6 Å². The first kappa shape index (κ1) is 27.9. The molecule has 0 saturated heterocycles. The minimum atomic E-state index is -1.37. The van der Waals surface area contributed by atoms with Gasteiger partial charge < -0.3 is 44.7 Å². The maximum atomic E-state index is 11.2. The van der Waals surface area contributed by atoms with E-state index in [1.807, 2.05) is 12.3 Å². The number of fused-ring (bicyclic) bond motifs is 5. The Morgan fingerprint density at radius 2 is 1.92 bits per heavy atom. The van der Waals surface area contributed by atoms with Gasteiger partial charge in [-0.05, 0) is 35.2 Å². The highest BCUT2D eigenvalue weighted by Crippen LogP contribution is 2.41. The molecule has 4 N–H and O–H groups in total. The smallest absolute Gasteiger partial charge is 0.249 e. The van der Waals surface area contributed by atoms with E-state index in [1.54, 1.807) is 13.2 Å². The Hall–Kier alpha value is -4.09. The quantitative estimate of drug-likeness (QED) is 0.311. The monoisotopic (exact) mass is 540 g/mol. The van der Waals surface area contributed by atoms with Gasteiger partial charge in [-0.15, -0.1) is 0 Å². The lowest BCUT2D eigenvalue weighted by molar-refractivity contribution is -0.686. The zero-order chi connectivity index (χ0) is 28.3. The van der Waals surface area contributed by atoms with Crippen molar-refractivity contribution < 1.29 is 48.8 Å². The molecular formula is C28H32N2O9. The molecule has 1 amide bonds. The number of rotatable bonds is 7. The molecule has 208 valence electrons. The fraction of sp³-hybridized carbons (Fsp3) is 0.393. The fourth-order valence-electron chi connectivity index (χ4n) is 4.40. The number of pyridine rings is 1. The number of nitrogens with one attached hydrogen (secondary N) is 1. The molecule has 0 aliphatic carbocycles. The number of aromatic hydroxyl groups is 1. The molecule has 2 aromatic carbocycles. The summed E-state index contributed by atoms with van der Waals surface area (Å²) in [5.74, 6) is 0.316. The first-order valence-electron chi connectivity index (χ1n) is 12.5. The van der Waals surface area contributed by atoms with Gasteiger partial charge in [0, 0.05) is 36.8 Å². The van der Waals surface area contributed by atoms with E-state index in [1.165, 1.54) is 19.4 Å². The number of carbonyl (C=O) groups is 2. The second-order valence-electron chi connectivity index (χ2n) is 10.0. The Kier molecular flexibility index (Phi) is 8.12. The normalized spacial score (nSPS) is 14.0.